The molecule has 2 aromatic heterocycles. The molecular weight excluding hydrogens is 402 g/mol. The normalized spacial score (nSPS) is 16.4. The summed E-state index contributed by atoms with van der Waals surface area (Å²) in [4.78, 5) is 50.8. The van der Waals surface area contributed by atoms with Gasteiger partial charge >= 0.3 is 0 Å². The summed E-state index contributed by atoms with van der Waals surface area (Å²) in [6.45, 7) is 2.25. The summed E-state index contributed by atoms with van der Waals surface area (Å²) in [6, 6.07) is 5.97. The third-order valence-electron chi connectivity index (χ3n) is 5.67. The van der Waals surface area contributed by atoms with Crippen molar-refractivity contribution in [2.75, 3.05) is 31.2 Å². The zero-order valence-electron chi connectivity index (χ0n) is 16.6. The number of H-pyrrole nitrogens is 1. The molecule has 1 fully saturated rings. The number of anilines is 1. The molecule has 1 saturated heterocycles. The summed E-state index contributed by atoms with van der Waals surface area (Å²) in [5.41, 5.74) is 1.44. The van der Waals surface area contributed by atoms with Gasteiger partial charge in [-0.1, -0.05) is 12.1 Å². The van der Waals surface area contributed by atoms with Gasteiger partial charge < -0.3 is 9.64 Å². The standard InChI is InChI=1S/C21H19N5O5/c27-15-6-2-5-14-17(15)16(12-3-1-4-13(11-12)26(29)30)18-19(22-14)23-21(24-20(18)28)25-7-9-31-10-8-25/h1,3-4,11H,2,5-10H2,(H,22,23,24,28). The van der Waals surface area contributed by atoms with E-state index in [1.165, 1.54) is 12.1 Å². The Morgan fingerprint density at radius 1 is 1.10 bits per heavy atom. The highest BCUT2D eigenvalue weighted by Crippen LogP contribution is 2.36. The number of nitro groups is 1. The van der Waals surface area contributed by atoms with Gasteiger partial charge in [-0.2, -0.15) is 4.98 Å². The first-order chi connectivity index (χ1) is 15.0. The number of fused-ring (bicyclic) bond motifs is 2. The number of hydrogen-bond acceptors (Lipinski definition) is 8. The zero-order valence-corrected chi connectivity index (χ0v) is 16.6. The molecule has 2 aliphatic rings. The van der Waals surface area contributed by atoms with Crippen LogP contribution in [-0.2, 0) is 11.2 Å². The number of hydrogen-bond donors (Lipinski definition) is 1. The van der Waals surface area contributed by atoms with Crippen LogP contribution in [-0.4, -0.2) is 52.0 Å². The zero-order chi connectivity index (χ0) is 21.5. The fourth-order valence-corrected chi connectivity index (χ4v) is 4.22. The summed E-state index contributed by atoms with van der Waals surface area (Å²) in [7, 11) is 0. The molecule has 1 N–H and O–H groups in total. The van der Waals surface area contributed by atoms with Gasteiger partial charge in [0, 0.05) is 42.8 Å². The maximum Gasteiger partial charge on any atom is 0.270 e. The topological polar surface area (TPSA) is 131 Å². The number of nitrogens with one attached hydrogen (secondary N) is 1. The first kappa shape index (κ1) is 19.3. The minimum atomic E-state index is -0.500. The second-order valence-electron chi connectivity index (χ2n) is 7.58. The Bertz CT molecular complexity index is 1280. The van der Waals surface area contributed by atoms with Crippen LogP contribution in [0.3, 0.4) is 0 Å². The van der Waals surface area contributed by atoms with Crippen LogP contribution in [0.1, 0.15) is 28.9 Å². The molecule has 3 heterocycles. The lowest BCUT2D eigenvalue weighted by Crippen LogP contribution is -2.38. The van der Waals surface area contributed by atoms with Crippen molar-refractivity contribution in [1.29, 1.82) is 0 Å². The van der Waals surface area contributed by atoms with Gasteiger partial charge in [-0.3, -0.25) is 24.7 Å². The number of nitro benzene ring substituents is 1. The van der Waals surface area contributed by atoms with E-state index in [0.29, 0.717) is 73.9 Å². The highest BCUT2D eigenvalue weighted by molar-refractivity contribution is 6.10. The molecule has 0 atom stereocenters. The van der Waals surface area contributed by atoms with Crippen molar-refractivity contribution < 1.29 is 14.5 Å². The third kappa shape index (κ3) is 3.34. The molecular formula is C21H19N5O5. The molecule has 10 nitrogen and oxygen atoms in total. The number of carbonyl (C=O) groups excluding carboxylic acids is 1. The average Bonchev–Trinajstić information content (AvgIpc) is 2.78. The first-order valence-corrected chi connectivity index (χ1v) is 10.1. The van der Waals surface area contributed by atoms with Crippen LogP contribution in [0.15, 0.2) is 29.1 Å². The maximum atomic E-state index is 13.2. The number of ether oxygens (including phenoxy) is 1. The number of benzene rings is 1. The highest BCUT2D eigenvalue weighted by Gasteiger charge is 2.28. The predicted molar refractivity (Wildman–Crippen MR) is 113 cm³/mol. The van der Waals surface area contributed by atoms with E-state index < -0.39 is 10.5 Å². The van der Waals surface area contributed by atoms with Crippen molar-refractivity contribution in [3.63, 3.8) is 0 Å². The van der Waals surface area contributed by atoms with Crippen molar-refractivity contribution in [2.24, 2.45) is 0 Å². The lowest BCUT2D eigenvalue weighted by Gasteiger charge is -2.27. The number of pyridine rings is 1. The van der Waals surface area contributed by atoms with E-state index >= 15 is 0 Å². The number of aromatic amines is 1. The van der Waals surface area contributed by atoms with Gasteiger partial charge in [0.05, 0.1) is 29.2 Å². The Labute approximate surface area is 176 Å². The Balaban J connectivity index is 1.81. The summed E-state index contributed by atoms with van der Waals surface area (Å²) in [5.74, 6) is 0.286. The van der Waals surface area contributed by atoms with E-state index in [1.807, 2.05) is 4.90 Å². The van der Waals surface area contributed by atoms with Crippen molar-refractivity contribution in [3.8, 4) is 11.1 Å². The van der Waals surface area contributed by atoms with E-state index in [2.05, 4.69) is 15.0 Å². The second kappa shape index (κ2) is 7.55. The lowest BCUT2D eigenvalue weighted by molar-refractivity contribution is -0.384. The number of rotatable bonds is 3. The van der Waals surface area contributed by atoms with Gasteiger partial charge in [0.1, 0.15) is 0 Å². The van der Waals surface area contributed by atoms with Crippen molar-refractivity contribution in [1.82, 2.24) is 15.0 Å². The van der Waals surface area contributed by atoms with Gasteiger partial charge in [0.2, 0.25) is 5.95 Å². The molecule has 1 aromatic carbocycles. The molecule has 0 radical (unpaired) electrons. The van der Waals surface area contributed by atoms with Crippen LogP contribution in [0.5, 0.6) is 0 Å². The van der Waals surface area contributed by atoms with Crippen molar-refractivity contribution in [2.45, 2.75) is 19.3 Å². The molecule has 5 rings (SSSR count). The molecule has 0 unspecified atom stereocenters. The first-order valence-electron chi connectivity index (χ1n) is 10.1. The van der Waals surface area contributed by atoms with Gasteiger partial charge in [0.15, 0.2) is 11.4 Å². The van der Waals surface area contributed by atoms with Crippen molar-refractivity contribution in [3.05, 3.63) is 56.0 Å². The van der Waals surface area contributed by atoms with Gasteiger partial charge in [-0.15, -0.1) is 0 Å². The highest BCUT2D eigenvalue weighted by atomic mass is 16.6. The largest absolute Gasteiger partial charge is 0.378 e. The molecule has 0 amide bonds. The van der Waals surface area contributed by atoms with E-state index in [1.54, 1.807) is 12.1 Å². The monoisotopic (exact) mass is 421 g/mol. The van der Waals surface area contributed by atoms with Crippen molar-refractivity contribution >= 4 is 28.5 Å². The van der Waals surface area contributed by atoms with E-state index in [4.69, 9.17) is 4.74 Å². The Kier molecular flexibility index (Phi) is 4.70. The number of morpholine rings is 1. The van der Waals surface area contributed by atoms with Crippen LogP contribution in [0, 0.1) is 10.1 Å². The summed E-state index contributed by atoms with van der Waals surface area (Å²) in [5, 5.41) is 11.5. The molecule has 1 aliphatic heterocycles. The van der Waals surface area contributed by atoms with Crippen LogP contribution >= 0.6 is 0 Å². The Hall–Kier alpha value is -3.66. The summed E-state index contributed by atoms with van der Waals surface area (Å²) < 4.78 is 5.36. The number of nitrogens with zero attached hydrogens (tertiary/aromatic N) is 4. The molecule has 31 heavy (non-hydrogen) atoms. The van der Waals surface area contributed by atoms with E-state index in [0.717, 1.165) is 0 Å². The number of ketones is 1. The molecule has 3 aromatic rings. The lowest BCUT2D eigenvalue weighted by atomic mass is 9.86. The molecule has 0 spiro atoms. The molecule has 0 saturated carbocycles. The van der Waals surface area contributed by atoms with Crippen LogP contribution < -0.4 is 10.5 Å². The second-order valence-corrected chi connectivity index (χ2v) is 7.58. The molecule has 1 aliphatic carbocycles. The van der Waals surface area contributed by atoms with Gasteiger partial charge in [-0.25, -0.2) is 4.98 Å². The van der Waals surface area contributed by atoms with Gasteiger partial charge in [0.25, 0.3) is 11.2 Å². The molecule has 0 bridgehead atoms. The number of aryl methyl sites for hydroxylation is 1. The average molecular weight is 421 g/mol. The predicted octanol–water partition coefficient (Wildman–Crippen LogP) is 2.25. The minimum absolute atomic E-state index is 0.117. The number of Topliss-reactive ketones (excluding diaryl/α,β-unsaturated/α-hetero) is 1. The summed E-state index contributed by atoms with van der Waals surface area (Å²) >= 11 is 0. The van der Waals surface area contributed by atoms with E-state index in [-0.39, 0.29) is 22.5 Å². The third-order valence-corrected chi connectivity index (χ3v) is 5.67. The van der Waals surface area contributed by atoms with Crippen LogP contribution in [0.2, 0.25) is 0 Å². The molecule has 10 heteroatoms. The van der Waals surface area contributed by atoms with Crippen LogP contribution in [0.4, 0.5) is 11.6 Å². The number of carbonyl (C=O) groups is 1. The Morgan fingerprint density at radius 2 is 1.90 bits per heavy atom. The van der Waals surface area contributed by atoms with Gasteiger partial charge in [-0.05, 0) is 18.4 Å². The van der Waals surface area contributed by atoms with E-state index in [9.17, 15) is 19.7 Å². The fourth-order valence-electron chi connectivity index (χ4n) is 4.22. The number of non-ortho nitro benzene ring substituents is 1. The molecule has 158 valence electrons. The minimum Gasteiger partial charge on any atom is -0.378 e. The maximum absolute atomic E-state index is 13.2. The SMILES string of the molecule is O=C1CCCc2nc3nc(N4CCOCC4)[nH]c(=O)c3c(-c3cccc([N+](=O)[O-])c3)c21. The van der Waals surface area contributed by atoms with Crippen LogP contribution in [0.25, 0.3) is 22.2 Å². The Morgan fingerprint density at radius 3 is 2.68 bits per heavy atom. The number of aromatic nitrogens is 3. The quantitative estimate of drug-likeness (QED) is 0.503. The fraction of sp³-hybridized carbons (Fsp3) is 0.333. The smallest absolute Gasteiger partial charge is 0.270 e. The summed E-state index contributed by atoms with van der Waals surface area (Å²) in [6.07, 6.45) is 1.60.